The van der Waals surface area contributed by atoms with E-state index in [1.165, 1.54) is 23.1 Å². The molecule has 0 unspecified atom stereocenters. The minimum atomic E-state index is -0.409. The molecule has 0 bridgehead atoms. The number of carbonyl (C=O) groups excluding carboxylic acids is 1. The van der Waals surface area contributed by atoms with E-state index in [1.807, 2.05) is 0 Å². The van der Waals surface area contributed by atoms with Crippen molar-refractivity contribution in [1.82, 2.24) is 4.90 Å². The van der Waals surface area contributed by atoms with Crippen LogP contribution in [0.5, 0.6) is 5.75 Å². The number of aliphatic hydroxyl groups is 1. The second kappa shape index (κ2) is 6.07. The number of rotatable bonds is 5. The van der Waals surface area contributed by atoms with Gasteiger partial charge in [0.2, 0.25) is 0 Å². The number of aliphatic hydroxyl groups excluding tert-OH is 1. The highest BCUT2D eigenvalue weighted by Crippen LogP contribution is 2.11. The van der Waals surface area contributed by atoms with Crippen LogP contribution in [0.25, 0.3) is 0 Å². The lowest BCUT2D eigenvalue weighted by atomic mass is 10.3. The molecule has 1 amide bonds. The molecule has 0 saturated heterocycles. The van der Waals surface area contributed by atoms with Crippen LogP contribution in [-0.2, 0) is 4.79 Å². The van der Waals surface area contributed by atoms with E-state index in [9.17, 15) is 9.18 Å². The molecule has 1 aromatic rings. The van der Waals surface area contributed by atoms with E-state index >= 15 is 0 Å². The number of hydrogen-bond donors (Lipinski definition) is 1. The summed E-state index contributed by atoms with van der Waals surface area (Å²) in [6.45, 7) is -0.00645. The maximum absolute atomic E-state index is 12.8. The fourth-order valence-electron chi connectivity index (χ4n) is 1.09. The largest absolute Gasteiger partial charge is 0.484 e. The normalized spacial score (nSPS) is 9.94. The Morgan fingerprint density at radius 3 is 2.94 bits per heavy atom. The van der Waals surface area contributed by atoms with E-state index in [0.717, 1.165) is 0 Å². The monoisotopic (exact) mass is 227 g/mol. The van der Waals surface area contributed by atoms with Crippen molar-refractivity contribution in [1.29, 1.82) is 0 Å². The molecule has 0 saturated carbocycles. The highest BCUT2D eigenvalue weighted by molar-refractivity contribution is 5.77. The van der Waals surface area contributed by atoms with Gasteiger partial charge in [-0.2, -0.15) is 0 Å². The van der Waals surface area contributed by atoms with Gasteiger partial charge in [-0.15, -0.1) is 0 Å². The van der Waals surface area contributed by atoms with Crippen molar-refractivity contribution >= 4 is 5.91 Å². The van der Waals surface area contributed by atoms with Crippen molar-refractivity contribution in [2.75, 3.05) is 26.8 Å². The van der Waals surface area contributed by atoms with Gasteiger partial charge in [-0.1, -0.05) is 6.07 Å². The molecule has 0 heterocycles. The predicted molar refractivity (Wildman–Crippen MR) is 56.6 cm³/mol. The van der Waals surface area contributed by atoms with Crippen molar-refractivity contribution in [2.45, 2.75) is 0 Å². The van der Waals surface area contributed by atoms with Gasteiger partial charge in [-0.05, 0) is 12.1 Å². The molecular weight excluding hydrogens is 213 g/mol. The summed E-state index contributed by atoms with van der Waals surface area (Å²) in [5.74, 6) is -0.363. The van der Waals surface area contributed by atoms with E-state index < -0.39 is 5.82 Å². The van der Waals surface area contributed by atoms with Crippen LogP contribution in [0.1, 0.15) is 0 Å². The van der Waals surface area contributed by atoms with Crippen LogP contribution in [0.15, 0.2) is 24.3 Å². The number of ether oxygens (including phenoxy) is 1. The Morgan fingerprint density at radius 2 is 2.31 bits per heavy atom. The lowest BCUT2D eigenvalue weighted by molar-refractivity contribution is -0.132. The fourth-order valence-corrected chi connectivity index (χ4v) is 1.09. The summed E-state index contributed by atoms with van der Waals surface area (Å²) in [7, 11) is 1.56. The Labute approximate surface area is 93.3 Å². The smallest absolute Gasteiger partial charge is 0.260 e. The molecule has 88 valence electrons. The summed E-state index contributed by atoms with van der Waals surface area (Å²) in [6, 6.07) is 5.58. The van der Waals surface area contributed by atoms with Crippen LogP contribution in [0.3, 0.4) is 0 Å². The number of halogens is 1. The Morgan fingerprint density at radius 1 is 1.56 bits per heavy atom. The predicted octanol–water partition coefficient (Wildman–Crippen LogP) is 0.655. The summed E-state index contributed by atoms with van der Waals surface area (Å²) in [5.41, 5.74) is 0. The second-order valence-corrected chi connectivity index (χ2v) is 3.28. The standard InChI is InChI=1S/C11H14FNO3/c1-13(5-6-14)11(15)8-16-10-4-2-3-9(12)7-10/h2-4,7,14H,5-6,8H2,1H3. The number of hydrogen-bond acceptors (Lipinski definition) is 3. The highest BCUT2D eigenvalue weighted by Gasteiger charge is 2.08. The minimum absolute atomic E-state index is 0.0950. The third kappa shape index (κ3) is 3.86. The number of benzene rings is 1. The maximum atomic E-state index is 12.8. The van der Waals surface area contributed by atoms with Gasteiger partial charge in [0.05, 0.1) is 6.61 Å². The van der Waals surface area contributed by atoms with Crippen molar-refractivity contribution in [3.8, 4) is 5.75 Å². The Balaban J connectivity index is 2.42. The average molecular weight is 227 g/mol. The SMILES string of the molecule is CN(CCO)C(=O)COc1cccc(F)c1. The van der Waals surface area contributed by atoms with Crippen LogP contribution < -0.4 is 4.74 Å². The molecule has 0 aromatic heterocycles. The first kappa shape index (κ1) is 12.4. The topological polar surface area (TPSA) is 49.8 Å². The molecule has 0 fully saturated rings. The van der Waals surface area contributed by atoms with Crippen molar-refractivity contribution in [3.05, 3.63) is 30.1 Å². The number of carbonyl (C=O) groups is 1. The fraction of sp³-hybridized carbons (Fsp3) is 0.364. The van der Waals surface area contributed by atoms with Crippen LogP contribution >= 0.6 is 0 Å². The molecule has 0 aliphatic rings. The minimum Gasteiger partial charge on any atom is -0.484 e. The summed E-state index contributed by atoms with van der Waals surface area (Å²) < 4.78 is 17.9. The highest BCUT2D eigenvalue weighted by atomic mass is 19.1. The van der Waals surface area contributed by atoms with Crippen molar-refractivity contribution in [2.24, 2.45) is 0 Å². The molecule has 0 aliphatic carbocycles. The third-order valence-corrected chi connectivity index (χ3v) is 2.02. The number of likely N-dealkylation sites (N-methyl/N-ethyl adjacent to an activating group) is 1. The molecule has 0 atom stereocenters. The zero-order chi connectivity index (χ0) is 12.0. The molecule has 0 spiro atoms. The van der Waals surface area contributed by atoms with Crippen LogP contribution in [-0.4, -0.2) is 42.7 Å². The summed E-state index contributed by atoms with van der Waals surface area (Å²) in [4.78, 5) is 12.7. The van der Waals surface area contributed by atoms with Gasteiger partial charge < -0.3 is 14.7 Å². The van der Waals surface area contributed by atoms with Crippen molar-refractivity contribution in [3.63, 3.8) is 0 Å². The van der Waals surface area contributed by atoms with Crippen LogP contribution in [0.4, 0.5) is 4.39 Å². The molecular formula is C11H14FNO3. The number of nitrogens with zero attached hydrogens (tertiary/aromatic N) is 1. The van der Waals surface area contributed by atoms with E-state index in [-0.39, 0.29) is 25.7 Å². The molecule has 4 nitrogen and oxygen atoms in total. The molecule has 16 heavy (non-hydrogen) atoms. The second-order valence-electron chi connectivity index (χ2n) is 3.28. The van der Waals surface area contributed by atoms with Gasteiger partial charge in [0.25, 0.3) is 5.91 Å². The van der Waals surface area contributed by atoms with Gasteiger partial charge in [0.1, 0.15) is 11.6 Å². The molecule has 1 rings (SSSR count). The Hall–Kier alpha value is -1.62. The molecule has 1 N–H and O–H groups in total. The first-order chi connectivity index (χ1) is 7.63. The van der Waals surface area contributed by atoms with Gasteiger partial charge in [-0.25, -0.2) is 4.39 Å². The maximum Gasteiger partial charge on any atom is 0.260 e. The Bertz CT molecular complexity index is 357. The molecule has 5 heteroatoms. The van der Waals surface area contributed by atoms with Gasteiger partial charge in [0, 0.05) is 19.7 Å². The van der Waals surface area contributed by atoms with Crippen molar-refractivity contribution < 1.29 is 19.0 Å². The molecule has 0 radical (unpaired) electrons. The summed E-state index contributed by atoms with van der Waals surface area (Å²) >= 11 is 0. The first-order valence-corrected chi connectivity index (χ1v) is 4.86. The summed E-state index contributed by atoms with van der Waals surface area (Å²) in [6.07, 6.45) is 0. The third-order valence-electron chi connectivity index (χ3n) is 2.02. The number of amides is 1. The van der Waals surface area contributed by atoms with Gasteiger partial charge in [-0.3, -0.25) is 4.79 Å². The zero-order valence-corrected chi connectivity index (χ0v) is 9.02. The first-order valence-electron chi connectivity index (χ1n) is 4.86. The Kier molecular flexibility index (Phi) is 4.72. The molecule has 0 aliphatic heterocycles. The lowest BCUT2D eigenvalue weighted by Crippen LogP contribution is -2.33. The zero-order valence-electron chi connectivity index (χ0n) is 9.02. The van der Waals surface area contributed by atoms with E-state index in [2.05, 4.69) is 0 Å². The average Bonchev–Trinajstić information content (AvgIpc) is 2.26. The van der Waals surface area contributed by atoms with Gasteiger partial charge >= 0.3 is 0 Å². The lowest BCUT2D eigenvalue weighted by Gasteiger charge is -2.15. The summed E-state index contributed by atoms with van der Waals surface area (Å²) in [5, 5.41) is 8.62. The van der Waals surface area contributed by atoms with E-state index in [1.54, 1.807) is 13.1 Å². The van der Waals surface area contributed by atoms with E-state index in [4.69, 9.17) is 9.84 Å². The molecule has 1 aromatic carbocycles. The van der Waals surface area contributed by atoms with Crippen LogP contribution in [0, 0.1) is 5.82 Å². The van der Waals surface area contributed by atoms with Crippen LogP contribution in [0.2, 0.25) is 0 Å². The van der Waals surface area contributed by atoms with E-state index in [0.29, 0.717) is 5.75 Å². The quantitative estimate of drug-likeness (QED) is 0.803. The van der Waals surface area contributed by atoms with Gasteiger partial charge in [0.15, 0.2) is 6.61 Å².